The van der Waals surface area contributed by atoms with Crippen LogP contribution in [0.25, 0.3) is 5.69 Å². The maximum atomic E-state index is 12.0. The molecule has 0 radical (unpaired) electrons. The molecule has 0 spiro atoms. The molecule has 1 aliphatic rings. The van der Waals surface area contributed by atoms with E-state index in [0.29, 0.717) is 18.7 Å². The van der Waals surface area contributed by atoms with Crippen LogP contribution in [0, 0.1) is 5.92 Å². The minimum absolute atomic E-state index is 0.0627. The maximum Gasteiger partial charge on any atom is 0.251 e. The third-order valence-electron chi connectivity index (χ3n) is 3.61. The smallest absolute Gasteiger partial charge is 0.251 e. The lowest BCUT2D eigenvalue weighted by atomic mass is 10.2. The number of carbonyl (C=O) groups excluding carboxylic acids is 1. The van der Waals surface area contributed by atoms with E-state index in [9.17, 15) is 4.79 Å². The van der Waals surface area contributed by atoms with Crippen molar-refractivity contribution in [2.75, 3.05) is 19.8 Å². The van der Waals surface area contributed by atoms with Crippen molar-refractivity contribution in [3.63, 3.8) is 0 Å². The lowest BCUT2D eigenvalue weighted by molar-refractivity contribution is 0.0937. The summed E-state index contributed by atoms with van der Waals surface area (Å²) >= 11 is 0. The van der Waals surface area contributed by atoms with Crippen molar-refractivity contribution in [1.29, 1.82) is 0 Å². The number of nitrogens with zero attached hydrogens (tertiary/aromatic N) is 3. The average molecular weight is 300 g/mol. The van der Waals surface area contributed by atoms with Gasteiger partial charge in [-0.05, 0) is 49.4 Å². The normalized spacial score (nSPS) is 14.0. The molecule has 6 nitrogen and oxygen atoms in total. The molecule has 0 bridgehead atoms. The van der Waals surface area contributed by atoms with Crippen molar-refractivity contribution in [2.45, 2.75) is 19.3 Å². The van der Waals surface area contributed by atoms with Crippen LogP contribution in [0.3, 0.4) is 0 Å². The van der Waals surface area contributed by atoms with Crippen molar-refractivity contribution >= 4 is 5.91 Å². The Kier molecular flexibility index (Phi) is 4.80. The van der Waals surface area contributed by atoms with E-state index in [4.69, 9.17) is 4.74 Å². The van der Waals surface area contributed by atoms with Gasteiger partial charge < -0.3 is 10.1 Å². The van der Waals surface area contributed by atoms with E-state index < -0.39 is 0 Å². The lowest BCUT2D eigenvalue weighted by Gasteiger charge is -2.07. The first-order valence-corrected chi connectivity index (χ1v) is 7.64. The first-order valence-electron chi connectivity index (χ1n) is 7.64. The Morgan fingerprint density at radius 1 is 1.32 bits per heavy atom. The average Bonchev–Trinajstić information content (AvgIpc) is 3.21. The van der Waals surface area contributed by atoms with Crippen LogP contribution in [0.2, 0.25) is 0 Å². The van der Waals surface area contributed by atoms with Crippen LogP contribution in [0.4, 0.5) is 0 Å². The molecule has 0 saturated heterocycles. The molecule has 1 aromatic heterocycles. The number of aromatic nitrogens is 3. The van der Waals surface area contributed by atoms with E-state index in [0.717, 1.165) is 24.6 Å². The quantitative estimate of drug-likeness (QED) is 0.755. The second-order valence-corrected chi connectivity index (χ2v) is 5.51. The SMILES string of the molecule is O=C(NCCCOCC1CC1)c1ccc(-n2cncn2)cc1. The second-order valence-electron chi connectivity index (χ2n) is 5.51. The molecular weight excluding hydrogens is 280 g/mol. The molecule has 1 heterocycles. The highest BCUT2D eigenvalue weighted by Crippen LogP contribution is 2.28. The van der Waals surface area contributed by atoms with E-state index in [1.54, 1.807) is 23.1 Å². The summed E-state index contributed by atoms with van der Waals surface area (Å²) in [5, 5.41) is 6.95. The molecule has 116 valence electrons. The van der Waals surface area contributed by atoms with Crippen LogP contribution >= 0.6 is 0 Å². The van der Waals surface area contributed by atoms with Crippen LogP contribution in [0.1, 0.15) is 29.6 Å². The zero-order valence-electron chi connectivity index (χ0n) is 12.4. The van der Waals surface area contributed by atoms with Crippen molar-refractivity contribution in [1.82, 2.24) is 20.1 Å². The highest BCUT2D eigenvalue weighted by atomic mass is 16.5. The van der Waals surface area contributed by atoms with Gasteiger partial charge in [0, 0.05) is 25.3 Å². The standard InChI is InChI=1S/C16H20N4O2/c21-16(18-8-1-9-22-10-13-2-3-13)14-4-6-15(7-5-14)20-12-17-11-19-20/h4-7,11-13H,1-3,8-10H2,(H,18,21). The Morgan fingerprint density at radius 2 is 2.14 bits per heavy atom. The molecule has 1 aromatic carbocycles. The summed E-state index contributed by atoms with van der Waals surface area (Å²) in [6.45, 7) is 2.22. The van der Waals surface area contributed by atoms with E-state index >= 15 is 0 Å². The fourth-order valence-corrected chi connectivity index (χ4v) is 2.12. The summed E-state index contributed by atoms with van der Waals surface area (Å²) in [6.07, 6.45) is 6.56. The van der Waals surface area contributed by atoms with Crippen molar-refractivity contribution in [3.05, 3.63) is 42.5 Å². The summed E-state index contributed by atoms with van der Waals surface area (Å²) in [7, 11) is 0. The lowest BCUT2D eigenvalue weighted by Crippen LogP contribution is -2.25. The largest absolute Gasteiger partial charge is 0.381 e. The number of hydrogen-bond acceptors (Lipinski definition) is 4. The predicted molar refractivity (Wildman–Crippen MR) is 81.9 cm³/mol. The van der Waals surface area contributed by atoms with Gasteiger partial charge >= 0.3 is 0 Å². The molecule has 1 amide bonds. The molecular formula is C16H20N4O2. The molecule has 3 rings (SSSR count). The molecule has 22 heavy (non-hydrogen) atoms. The summed E-state index contributed by atoms with van der Waals surface area (Å²) in [5.41, 5.74) is 1.52. The Hall–Kier alpha value is -2.21. The van der Waals surface area contributed by atoms with Gasteiger partial charge in [-0.25, -0.2) is 9.67 Å². The summed E-state index contributed by atoms with van der Waals surface area (Å²) in [5.74, 6) is 0.727. The molecule has 1 saturated carbocycles. The van der Waals surface area contributed by atoms with E-state index in [1.165, 1.54) is 19.2 Å². The van der Waals surface area contributed by atoms with Crippen molar-refractivity contribution in [3.8, 4) is 5.69 Å². The highest BCUT2D eigenvalue weighted by molar-refractivity contribution is 5.94. The number of ether oxygens (including phenoxy) is 1. The second kappa shape index (κ2) is 7.17. The van der Waals surface area contributed by atoms with Gasteiger partial charge in [0.1, 0.15) is 12.7 Å². The Bertz CT molecular complexity index is 591. The molecule has 1 N–H and O–H groups in total. The van der Waals surface area contributed by atoms with Gasteiger partial charge in [-0.3, -0.25) is 4.79 Å². The summed E-state index contributed by atoms with van der Waals surface area (Å²) < 4.78 is 7.19. The first-order chi connectivity index (χ1) is 10.8. The first kappa shape index (κ1) is 14.7. The van der Waals surface area contributed by atoms with Crippen LogP contribution < -0.4 is 5.32 Å². The van der Waals surface area contributed by atoms with Crippen LogP contribution in [0.5, 0.6) is 0 Å². The predicted octanol–water partition coefficient (Wildman–Crippen LogP) is 1.81. The van der Waals surface area contributed by atoms with E-state index in [1.807, 2.05) is 12.1 Å². The topological polar surface area (TPSA) is 69.0 Å². The third kappa shape index (κ3) is 4.14. The van der Waals surface area contributed by atoms with E-state index in [-0.39, 0.29) is 5.91 Å². The minimum atomic E-state index is -0.0627. The van der Waals surface area contributed by atoms with Gasteiger partial charge in [0.15, 0.2) is 0 Å². The summed E-state index contributed by atoms with van der Waals surface area (Å²) in [6, 6.07) is 7.27. The molecule has 0 atom stereocenters. The van der Waals surface area contributed by atoms with Crippen LogP contribution in [0.15, 0.2) is 36.9 Å². The monoisotopic (exact) mass is 300 g/mol. The molecule has 6 heteroatoms. The summed E-state index contributed by atoms with van der Waals surface area (Å²) in [4.78, 5) is 15.9. The fraction of sp³-hybridized carbons (Fsp3) is 0.438. The van der Waals surface area contributed by atoms with Gasteiger partial charge in [0.05, 0.1) is 5.69 Å². The Labute approximate surface area is 129 Å². The van der Waals surface area contributed by atoms with Gasteiger partial charge in [0.2, 0.25) is 0 Å². The maximum absolute atomic E-state index is 12.0. The van der Waals surface area contributed by atoms with Gasteiger partial charge in [-0.15, -0.1) is 0 Å². The van der Waals surface area contributed by atoms with Crippen LogP contribution in [-0.2, 0) is 4.74 Å². The number of carbonyl (C=O) groups is 1. The molecule has 1 aliphatic carbocycles. The number of nitrogens with one attached hydrogen (secondary N) is 1. The fourth-order valence-electron chi connectivity index (χ4n) is 2.12. The van der Waals surface area contributed by atoms with Crippen LogP contribution in [-0.4, -0.2) is 40.4 Å². The number of benzene rings is 1. The number of rotatable bonds is 8. The molecule has 2 aromatic rings. The zero-order valence-corrected chi connectivity index (χ0v) is 12.4. The molecule has 0 aliphatic heterocycles. The van der Waals surface area contributed by atoms with Gasteiger partial charge in [0.25, 0.3) is 5.91 Å². The van der Waals surface area contributed by atoms with Crippen molar-refractivity contribution in [2.24, 2.45) is 5.92 Å². The Balaban J connectivity index is 1.39. The van der Waals surface area contributed by atoms with Crippen molar-refractivity contribution < 1.29 is 9.53 Å². The number of hydrogen-bond donors (Lipinski definition) is 1. The minimum Gasteiger partial charge on any atom is -0.381 e. The van der Waals surface area contributed by atoms with E-state index in [2.05, 4.69) is 15.4 Å². The van der Waals surface area contributed by atoms with Gasteiger partial charge in [-0.1, -0.05) is 0 Å². The zero-order chi connectivity index (χ0) is 15.2. The van der Waals surface area contributed by atoms with Gasteiger partial charge in [-0.2, -0.15) is 5.10 Å². The molecule has 1 fully saturated rings. The number of amides is 1. The highest BCUT2D eigenvalue weighted by Gasteiger charge is 2.20. The Morgan fingerprint density at radius 3 is 2.82 bits per heavy atom. The molecule has 0 unspecified atom stereocenters. The third-order valence-corrected chi connectivity index (χ3v) is 3.61.